The minimum Gasteiger partial charge on any atom is -0.393 e. The van der Waals surface area contributed by atoms with Gasteiger partial charge in [-0.15, -0.1) is 0 Å². The summed E-state index contributed by atoms with van der Waals surface area (Å²) < 4.78 is 0.968. The molecule has 0 heterocycles. The third-order valence-electron chi connectivity index (χ3n) is 4.62. The van der Waals surface area contributed by atoms with Gasteiger partial charge in [0.25, 0.3) is 0 Å². The van der Waals surface area contributed by atoms with E-state index in [1.165, 1.54) is 5.56 Å². The van der Waals surface area contributed by atoms with Crippen molar-refractivity contribution in [2.24, 2.45) is 11.3 Å². The third kappa shape index (κ3) is 1.76. The van der Waals surface area contributed by atoms with E-state index in [9.17, 15) is 9.90 Å². The highest BCUT2D eigenvalue weighted by Gasteiger charge is 2.48. The van der Waals surface area contributed by atoms with E-state index in [4.69, 9.17) is 0 Å². The van der Waals surface area contributed by atoms with Crippen LogP contribution in [0.3, 0.4) is 0 Å². The zero-order valence-electron chi connectivity index (χ0n) is 10.4. The van der Waals surface area contributed by atoms with Crippen LogP contribution >= 0.6 is 15.9 Å². The van der Waals surface area contributed by atoms with E-state index in [-0.39, 0.29) is 23.2 Å². The van der Waals surface area contributed by atoms with Crippen molar-refractivity contribution in [2.45, 2.75) is 38.7 Å². The van der Waals surface area contributed by atoms with Crippen molar-refractivity contribution in [1.29, 1.82) is 0 Å². The van der Waals surface area contributed by atoms with Crippen LogP contribution < -0.4 is 0 Å². The minimum atomic E-state index is -0.237. The maximum atomic E-state index is 12.7. The summed E-state index contributed by atoms with van der Waals surface area (Å²) >= 11 is 3.43. The monoisotopic (exact) mass is 308 g/mol. The maximum Gasteiger partial charge on any atom is 0.169 e. The van der Waals surface area contributed by atoms with Gasteiger partial charge in [-0.3, -0.25) is 4.79 Å². The van der Waals surface area contributed by atoms with Gasteiger partial charge >= 0.3 is 0 Å². The van der Waals surface area contributed by atoms with Crippen molar-refractivity contribution in [3.63, 3.8) is 0 Å². The summed E-state index contributed by atoms with van der Waals surface area (Å²) in [6, 6.07) is 6.01. The zero-order chi connectivity index (χ0) is 12.9. The molecule has 3 rings (SSSR count). The van der Waals surface area contributed by atoms with Gasteiger partial charge in [-0.25, -0.2) is 0 Å². The Labute approximate surface area is 116 Å². The summed E-state index contributed by atoms with van der Waals surface area (Å²) in [5.41, 5.74) is 1.82. The summed E-state index contributed by atoms with van der Waals surface area (Å²) in [5.74, 6) is 0.512. The molecule has 2 nitrogen and oxygen atoms in total. The Morgan fingerprint density at radius 1 is 1.44 bits per heavy atom. The second-order valence-corrected chi connectivity index (χ2v) is 6.79. The molecule has 0 bridgehead atoms. The van der Waals surface area contributed by atoms with Gasteiger partial charge in [0.1, 0.15) is 0 Å². The zero-order valence-corrected chi connectivity index (χ0v) is 12.0. The van der Waals surface area contributed by atoms with E-state index in [2.05, 4.69) is 28.9 Å². The van der Waals surface area contributed by atoms with Crippen molar-refractivity contribution in [1.82, 2.24) is 0 Å². The number of aliphatic hydroxyl groups is 1. The van der Waals surface area contributed by atoms with Gasteiger partial charge in [-0.1, -0.05) is 28.9 Å². The lowest BCUT2D eigenvalue weighted by molar-refractivity contribution is 0.0206. The highest BCUT2D eigenvalue weighted by molar-refractivity contribution is 9.10. The maximum absolute atomic E-state index is 12.7. The van der Waals surface area contributed by atoms with Gasteiger partial charge in [-0.2, -0.15) is 0 Å². The molecule has 3 heteroatoms. The van der Waals surface area contributed by atoms with Gasteiger partial charge in [0.15, 0.2) is 5.78 Å². The van der Waals surface area contributed by atoms with Gasteiger partial charge in [-0.05, 0) is 49.3 Å². The van der Waals surface area contributed by atoms with Gasteiger partial charge < -0.3 is 5.11 Å². The van der Waals surface area contributed by atoms with E-state index in [0.717, 1.165) is 35.7 Å². The van der Waals surface area contributed by atoms with Gasteiger partial charge in [0.2, 0.25) is 0 Å². The number of rotatable bonds is 0. The summed E-state index contributed by atoms with van der Waals surface area (Å²) in [6.45, 7) is 2.05. The number of Topliss-reactive ketones (excluding diaryl/α,β-unsaturated/α-hetero) is 1. The molecule has 2 aliphatic carbocycles. The van der Waals surface area contributed by atoms with E-state index < -0.39 is 0 Å². The number of fused-ring (bicyclic) bond motifs is 1. The number of benzene rings is 1. The average Bonchev–Trinajstić information content (AvgIpc) is 2.59. The number of carbonyl (C=O) groups excluding carboxylic acids is 1. The molecule has 96 valence electrons. The van der Waals surface area contributed by atoms with Crippen LogP contribution in [0.25, 0.3) is 0 Å². The molecule has 1 aromatic rings. The van der Waals surface area contributed by atoms with Crippen LogP contribution in [0, 0.1) is 11.3 Å². The molecule has 1 spiro atoms. The fraction of sp³-hybridized carbons (Fsp3) is 0.533. The van der Waals surface area contributed by atoms with Crippen LogP contribution in [0.2, 0.25) is 0 Å². The van der Waals surface area contributed by atoms with Crippen LogP contribution in [0.1, 0.15) is 42.1 Å². The molecular formula is C15H17BrO2. The van der Waals surface area contributed by atoms with Crippen LogP contribution in [-0.4, -0.2) is 17.0 Å². The number of hydrogen-bond acceptors (Lipinski definition) is 2. The van der Waals surface area contributed by atoms with Crippen molar-refractivity contribution in [3.8, 4) is 0 Å². The van der Waals surface area contributed by atoms with Gasteiger partial charge in [0.05, 0.1) is 6.10 Å². The van der Waals surface area contributed by atoms with Crippen LogP contribution in [0.15, 0.2) is 22.7 Å². The number of carbonyl (C=O) groups is 1. The first-order chi connectivity index (χ1) is 8.52. The molecule has 1 N–H and O–H groups in total. The molecule has 0 radical (unpaired) electrons. The fourth-order valence-corrected chi connectivity index (χ4v) is 3.94. The molecule has 18 heavy (non-hydrogen) atoms. The topological polar surface area (TPSA) is 37.3 Å². The molecule has 1 aromatic carbocycles. The summed E-state index contributed by atoms with van der Waals surface area (Å²) in [4.78, 5) is 12.7. The number of ketones is 1. The Morgan fingerprint density at radius 3 is 2.94 bits per heavy atom. The lowest BCUT2D eigenvalue weighted by Crippen LogP contribution is -2.39. The van der Waals surface area contributed by atoms with Crippen molar-refractivity contribution in [3.05, 3.63) is 33.8 Å². The number of aliphatic hydroxyl groups excluding tert-OH is 1. The molecule has 0 aliphatic heterocycles. The van der Waals surface area contributed by atoms with E-state index >= 15 is 0 Å². The summed E-state index contributed by atoms with van der Waals surface area (Å²) in [7, 11) is 0. The molecule has 0 saturated heterocycles. The van der Waals surface area contributed by atoms with Crippen LogP contribution in [-0.2, 0) is 6.42 Å². The number of hydrogen-bond donors (Lipinski definition) is 1. The van der Waals surface area contributed by atoms with Gasteiger partial charge in [0, 0.05) is 15.5 Å². The Kier molecular flexibility index (Phi) is 2.87. The molecule has 1 saturated carbocycles. The third-order valence-corrected chi connectivity index (χ3v) is 5.11. The Morgan fingerprint density at radius 2 is 2.22 bits per heavy atom. The fourth-order valence-electron chi connectivity index (χ4n) is 3.57. The average molecular weight is 309 g/mol. The predicted octanol–water partition coefficient (Wildman–Crippen LogP) is 3.36. The molecule has 1 fully saturated rings. The van der Waals surface area contributed by atoms with Crippen molar-refractivity contribution >= 4 is 21.7 Å². The van der Waals surface area contributed by atoms with Crippen LogP contribution in [0.5, 0.6) is 0 Å². The van der Waals surface area contributed by atoms with E-state index in [0.29, 0.717) is 0 Å². The first-order valence-corrected chi connectivity index (χ1v) is 7.32. The summed E-state index contributed by atoms with van der Waals surface area (Å²) in [5, 5.41) is 9.85. The highest BCUT2D eigenvalue weighted by atomic mass is 79.9. The second-order valence-electron chi connectivity index (χ2n) is 5.88. The van der Waals surface area contributed by atoms with Crippen molar-refractivity contribution in [2.75, 3.05) is 0 Å². The molecular weight excluding hydrogens is 292 g/mol. The first kappa shape index (κ1) is 12.4. The predicted molar refractivity (Wildman–Crippen MR) is 73.6 cm³/mol. The minimum absolute atomic E-state index is 0.223. The standard InChI is InChI=1S/C15H17BrO2/c1-9-7-15(5-4-13(9)17)8-10-2-3-11(16)6-12(10)14(15)18/h2-3,6,9,13,17H,4-5,7-8H2,1H3/t9-,13-,15-/m0/s1. The molecule has 3 atom stereocenters. The Hall–Kier alpha value is -0.670. The summed E-state index contributed by atoms with van der Waals surface area (Å²) in [6.07, 6.45) is 3.01. The van der Waals surface area contributed by atoms with E-state index in [1.54, 1.807) is 0 Å². The molecule has 2 aliphatic rings. The Bertz CT molecular complexity index is 511. The normalized spacial score (nSPS) is 34.9. The van der Waals surface area contributed by atoms with Crippen LogP contribution in [0.4, 0.5) is 0 Å². The largest absolute Gasteiger partial charge is 0.393 e. The van der Waals surface area contributed by atoms with E-state index in [1.807, 2.05) is 12.1 Å². The Balaban J connectivity index is 1.97. The molecule has 0 amide bonds. The van der Waals surface area contributed by atoms with Crippen molar-refractivity contribution < 1.29 is 9.90 Å². The lowest BCUT2D eigenvalue weighted by Gasteiger charge is -2.38. The second kappa shape index (κ2) is 4.17. The highest BCUT2D eigenvalue weighted by Crippen LogP contribution is 2.49. The molecule has 0 aromatic heterocycles. The SMILES string of the molecule is C[C@H]1C[C@@]2(CC[C@@H]1O)Cc1ccc(Br)cc1C2=O. The quantitative estimate of drug-likeness (QED) is 0.798. The smallest absolute Gasteiger partial charge is 0.169 e. The lowest BCUT2D eigenvalue weighted by atomic mass is 9.67. The first-order valence-electron chi connectivity index (χ1n) is 6.53. The number of halogens is 1. The molecule has 0 unspecified atom stereocenters.